The van der Waals surface area contributed by atoms with Crippen molar-refractivity contribution in [1.29, 1.82) is 0 Å². The van der Waals surface area contributed by atoms with E-state index in [1.54, 1.807) is 6.92 Å². The lowest BCUT2D eigenvalue weighted by molar-refractivity contribution is 0.243. The Morgan fingerprint density at radius 2 is 1.90 bits per heavy atom. The SMILES string of the molecule is Cc1nc(N)c2cc3cc(OC(C)C)ccc3nc2n1. The van der Waals surface area contributed by atoms with E-state index in [4.69, 9.17) is 10.5 Å². The van der Waals surface area contributed by atoms with Crippen LogP contribution in [-0.4, -0.2) is 21.1 Å². The summed E-state index contributed by atoms with van der Waals surface area (Å²) in [5, 5.41) is 1.74. The first-order valence-electron chi connectivity index (χ1n) is 6.54. The average Bonchev–Trinajstić information content (AvgIpc) is 2.36. The second kappa shape index (κ2) is 4.59. The van der Waals surface area contributed by atoms with E-state index in [9.17, 15) is 0 Å². The van der Waals surface area contributed by atoms with Crippen molar-refractivity contribution in [2.24, 2.45) is 0 Å². The smallest absolute Gasteiger partial charge is 0.165 e. The van der Waals surface area contributed by atoms with Crippen LogP contribution < -0.4 is 10.5 Å². The van der Waals surface area contributed by atoms with Crippen molar-refractivity contribution in [1.82, 2.24) is 15.0 Å². The molecule has 3 aromatic rings. The van der Waals surface area contributed by atoms with Crippen molar-refractivity contribution in [3.05, 3.63) is 30.1 Å². The number of pyridine rings is 1. The maximum Gasteiger partial charge on any atom is 0.165 e. The second-order valence-electron chi connectivity index (χ2n) is 5.04. The van der Waals surface area contributed by atoms with Gasteiger partial charge in [0, 0.05) is 5.39 Å². The first-order valence-corrected chi connectivity index (χ1v) is 6.54. The van der Waals surface area contributed by atoms with Gasteiger partial charge in [-0.25, -0.2) is 15.0 Å². The Kier molecular flexibility index (Phi) is 2.89. The third kappa shape index (κ3) is 2.22. The third-order valence-electron chi connectivity index (χ3n) is 2.96. The van der Waals surface area contributed by atoms with E-state index >= 15 is 0 Å². The van der Waals surface area contributed by atoms with Gasteiger partial charge in [0.15, 0.2) is 5.65 Å². The molecule has 5 heteroatoms. The van der Waals surface area contributed by atoms with Crippen LogP contribution in [0.15, 0.2) is 24.3 Å². The van der Waals surface area contributed by atoms with Crippen molar-refractivity contribution >= 4 is 27.8 Å². The lowest BCUT2D eigenvalue weighted by Gasteiger charge is -2.10. The van der Waals surface area contributed by atoms with Gasteiger partial charge in [-0.15, -0.1) is 0 Å². The summed E-state index contributed by atoms with van der Waals surface area (Å²) in [6.45, 7) is 5.80. The number of rotatable bonds is 2. The van der Waals surface area contributed by atoms with E-state index in [2.05, 4.69) is 15.0 Å². The van der Waals surface area contributed by atoms with Crippen LogP contribution in [0.1, 0.15) is 19.7 Å². The fourth-order valence-corrected chi connectivity index (χ4v) is 2.18. The molecule has 0 fully saturated rings. The highest BCUT2D eigenvalue weighted by molar-refractivity contribution is 5.96. The zero-order valence-corrected chi connectivity index (χ0v) is 11.7. The number of hydrogen-bond donors (Lipinski definition) is 1. The van der Waals surface area contributed by atoms with E-state index in [0.29, 0.717) is 17.3 Å². The van der Waals surface area contributed by atoms with Crippen LogP contribution >= 0.6 is 0 Å². The number of aryl methyl sites for hydroxylation is 1. The molecule has 0 aliphatic carbocycles. The van der Waals surface area contributed by atoms with Gasteiger partial charge in [-0.05, 0) is 45.0 Å². The summed E-state index contributed by atoms with van der Waals surface area (Å²) in [6, 6.07) is 7.76. The Balaban J connectivity index is 2.23. The molecule has 0 amide bonds. The molecule has 102 valence electrons. The van der Waals surface area contributed by atoms with Crippen molar-refractivity contribution in [3.63, 3.8) is 0 Å². The van der Waals surface area contributed by atoms with E-state index in [1.807, 2.05) is 38.1 Å². The van der Waals surface area contributed by atoms with Crippen LogP contribution in [0.3, 0.4) is 0 Å². The van der Waals surface area contributed by atoms with Crippen molar-refractivity contribution in [3.8, 4) is 5.75 Å². The highest BCUT2D eigenvalue weighted by Crippen LogP contribution is 2.25. The summed E-state index contributed by atoms with van der Waals surface area (Å²) in [6.07, 6.45) is 0.136. The molecular weight excluding hydrogens is 252 g/mol. The largest absolute Gasteiger partial charge is 0.491 e. The monoisotopic (exact) mass is 268 g/mol. The number of benzene rings is 1. The molecule has 2 aromatic heterocycles. The molecule has 0 aliphatic rings. The predicted molar refractivity (Wildman–Crippen MR) is 79.8 cm³/mol. The third-order valence-corrected chi connectivity index (χ3v) is 2.96. The lowest BCUT2D eigenvalue weighted by Crippen LogP contribution is -2.05. The number of anilines is 1. The van der Waals surface area contributed by atoms with Gasteiger partial charge >= 0.3 is 0 Å². The molecule has 5 nitrogen and oxygen atoms in total. The highest BCUT2D eigenvalue weighted by Gasteiger charge is 2.07. The molecule has 2 heterocycles. The summed E-state index contributed by atoms with van der Waals surface area (Å²) < 4.78 is 5.69. The van der Waals surface area contributed by atoms with Gasteiger partial charge < -0.3 is 10.5 Å². The number of nitrogens with two attached hydrogens (primary N) is 1. The van der Waals surface area contributed by atoms with E-state index in [1.165, 1.54) is 0 Å². The zero-order chi connectivity index (χ0) is 14.3. The van der Waals surface area contributed by atoms with E-state index in [0.717, 1.165) is 22.0 Å². The van der Waals surface area contributed by atoms with Crippen molar-refractivity contribution in [2.45, 2.75) is 26.9 Å². The average molecular weight is 268 g/mol. The molecule has 0 saturated heterocycles. The van der Waals surface area contributed by atoms with Gasteiger partial charge in [0.25, 0.3) is 0 Å². The normalized spacial score (nSPS) is 11.4. The predicted octanol–water partition coefficient (Wildman–Crippen LogP) is 2.86. The molecule has 20 heavy (non-hydrogen) atoms. The molecule has 0 bridgehead atoms. The standard InChI is InChI=1S/C15H16N4O/c1-8(2)20-11-4-5-13-10(6-11)7-12-14(16)17-9(3)18-15(12)19-13/h4-8H,1-3H3,(H2,16,17,18,19). The minimum atomic E-state index is 0.136. The van der Waals surface area contributed by atoms with Crippen LogP contribution in [0.4, 0.5) is 5.82 Å². The highest BCUT2D eigenvalue weighted by atomic mass is 16.5. The molecule has 0 saturated carbocycles. The summed E-state index contributed by atoms with van der Waals surface area (Å²) >= 11 is 0. The number of ether oxygens (including phenoxy) is 1. The first kappa shape index (κ1) is 12.6. The molecule has 0 aliphatic heterocycles. The molecule has 1 aromatic carbocycles. The topological polar surface area (TPSA) is 73.9 Å². The molecule has 3 rings (SSSR count). The van der Waals surface area contributed by atoms with Crippen LogP contribution in [0, 0.1) is 6.92 Å². The minimum absolute atomic E-state index is 0.136. The van der Waals surface area contributed by atoms with Gasteiger partial charge in [0.1, 0.15) is 17.4 Å². The molecular formula is C15H16N4O. The summed E-state index contributed by atoms with van der Waals surface area (Å²) in [5.41, 5.74) is 7.44. The van der Waals surface area contributed by atoms with Gasteiger partial charge in [-0.2, -0.15) is 0 Å². The Labute approximate surface area is 116 Å². The molecule has 0 radical (unpaired) electrons. The maximum absolute atomic E-state index is 5.94. The summed E-state index contributed by atoms with van der Waals surface area (Å²) in [4.78, 5) is 13.0. The van der Waals surface area contributed by atoms with E-state index in [-0.39, 0.29) is 6.10 Å². The van der Waals surface area contributed by atoms with Gasteiger partial charge in [0.05, 0.1) is 17.0 Å². The number of nitrogen functional groups attached to an aromatic ring is 1. The van der Waals surface area contributed by atoms with Crippen LogP contribution in [0.2, 0.25) is 0 Å². The Hall–Kier alpha value is -2.43. The lowest BCUT2D eigenvalue weighted by atomic mass is 10.1. The van der Waals surface area contributed by atoms with Gasteiger partial charge in [0.2, 0.25) is 0 Å². The maximum atomic E-state index is 5.94. The first-order chi connectivity index (χ1) is 9.52. The number of nitrogens with zero attached hydrogens (tertiary/aromatic N) is 3. The zero-order valence-electron chi connectivity index (χ0n) is 11.7. The summed E-state index contributed by atoms with van der Waals surface area (Å²) in [7, 11) is 0. The van der Waals surface area contributed by atoms with Crippen LogP contribution in [-0.2, 0) is 0 Å². The van der Waals surface area contributed by atoms with E-state index < -0.39 is 0 Å². The Bertz CT molecular complexity index is 799. The van der Waals surface area contributed by atoms with Crippen LogP contribution in [0.25, 0.3) is 21.9 Å². The number of aromatic nitrogens is 3. The van der Waals surface area contributed by atoms with Gasteiger partial charge in [-0.3, -0.25) is 0 Å². The molecule has 0 spiro atoms. The quantitative estimate of drug-likeness (QED) is 0.723. The fraction of sp³-hybridized carbons (Fsp3) is 0.267. The number of hydrogen-bond acceptors (Lipinski definition) is 5. The second-order valence-corrected chi connectivity index (χ2v) is 5.04. The van der Waals surface area contributed by atoms with Gasteiger partial charge in [-0.1, -0.05) is 0 Å². The Morgan fingerprint density at radius 3 is 2.65 bits per heavy atom. The van der Waals surface area contributed by atoms with Crippen molar-refractivity contribution < 1.29 is 4.74 Å². The summed E-state index contributed by atoms with van der Waals surface area (Å²) in [5.74, 6) is 1.90. The minimum Gasteiger partial charge on any atom is -0.491 e. The van der Waals surface area contributed by atoms with Crippen LogP contribution in [0.5, 0.6) is 5.75 Å². The fourth-order valence-electron chi connectivity index (χ4n) is 2.18. The number of fused-ring (bicyclic) bond motifs is 2. The van der Waals surface area contributed by atoms with Crippen molar-refractivity contribution in [2.75, 3.05) is 5.73 Å². The molecule has 0 unspecified atom stereocenters. The Morgan fingerprint density at radius 1 is 1.10 bits per heavy atom. The molecule has 0 atom stereocenters. The molecule has 2 N–H and O–H groups in total.